The first kappa shape index (κ1) is 22.4. The highest BCUT2D eigenvalue weighted by molar-refractivity contribution is 6.89. The van der Waals surface area contributed by atoms with E-state index in [-0.39, 0.29) is 0 Å². The van der Waals surface area contributed by atoms with Gasteiger partial charge in [-0.3, -0.25) is 0 Å². The summed E-state index contributed by atoms with van der Waals surface area (Å²) in [6, 6.07) is 25.7. The predicted molar refractivity (Wildman–Crippen MR) is 136 cm³/mol. The standard InChI is InChI=1S/C24H31BNO2Si2/c1-29(2,3)23-15-9-20(10-16-23)26(19-7-13-22(14-8-19)28-25-27)21-11-17-24(18-12-21)30(4,5)6/h7-18,27H,1-6H3. The summed E-state index contributed by atoms with van der Waals surface area (Å²) < 4.78 is 5.08. The van der Waals surface area contributed by atoms with Crippen molar-refractivity contribution in [2.24, 2.45) is 0 Å². The van der Waals surface area contributed by atoms with Crippen LogP contribution in [-0.4, -0.2) is 28.9 Å². The summed E-state index contributed by atoms with van der Waals surface area (Å²) in [5, 5.41) is 11.8. The maximum atomic E-state index is 8.89. The Morgan fingerprint density at radius 2 is 0.933 bits per heavy atom. The van der Waals surface area contributed by atoms with E-state index in [1.807, 2.05) is 24.3 Å². The van der Waals surface area contributed by atoms with Gasteiger partial charge in [-0.25, -0.2) is 0 Å². The highest BCUT2D eigenvalue weighted by Gasteiger charge is 2.20. The lowest BCUT2D eigenvalue weighted by molar-refractivity contribution is 0.454. The first-order chi connectivity index (χ1) is 14.1. The second-order valence-corrected chi connectivity index (χ2v) is 19.8. The fourth-order valence-corrected chi connectivity index (χ4v) is 5.74. The van der Waals surface area contributed by atoms with E-state index in [0.29, 0.717) is 13.4 Å². The molecule has 0 heterocycles. The minimum Gasteiger partial charge on any atom is -0.537 e. The second-order valence-electron chi connectivity index (χ2n) is 9.65. The largest absolute Gasteiger partial charge is 0.569 e. The van der Waals surface area contributed by atoms with Gasteiger partial charge >= 0.3 is 7.69 Å². The molecule has 0 saturated heterocycles. The average molecular weight is 433 g/mol. The molecule has 6 heteroatoms. The van der Waals surface area contributed by atoms with Crippen LogP contribution in [0, 0.1) is 0 Å². The Morgan fingerprint density at radius 1 is 0.600 bits per heavy atom. The third kappa shape index (κ3) is 5.25. The van der Waals surface area contributed by atoms with E-state index < -0.39 is 16.1 Å². The van der Waals surface area contributed by atoms with Crippen LogP contribution in [-0.2, 0) is 0 Å². The summed E-state index contributed by atoms with van der Waals surface area (Å²) >= 11 is 0. The van der Waals surface area contributed by atoms with Gasteiger partial charge in [0.15, 0.2) is 0 Å². The van der Waals surface area contributed by atoms with Gasteiger partial charge in [0.05, 0.1) is 16.1 Å². The van der Waals surface area contributed by atoms with Gasteiger partial charge in [-0.05, 0) is 48.5 Å². The topological polar surface area (TPSA) is 32.7 Å². The maximum Gasteiger partial charge on any atom is 0.569 e. The Hall–Kier alpha value is -2.28. The first-order valence-electron chi connectivity index (χ1n) is 10.3. The minimum atomic E-state index is -1.35. The summed E-state index contributed by atoms with van der Waals surface area (Å²) in [5.41, 5.74) is 3.29. The summed E-state index contributed by atoms with van der Waals surface area (Å²) in [7, 11) is -2.00. The van der Waals surface area contributed by atoms with Crippen molar-refractivity contribution in [2.45, 2.75) is 39.3 Å². The lowest BCUT2D eigenvalue weighted by atomic mass is 10.2. The lowest BCUT2D eigenvalue weighted by Gasteiger charge is -2.27. The Balaban J connectivity index is 2.04. The molecule has 155 valence electrons. The van der Waals surface area contributed by atoms with Crippen molar-refractivity contribution in [1.29, 1.82) is 0 Å². The average Bonchev–Trinajstić information content (AvgIpc) is 2.69. The molecule has 3 aromatic carbocycles. The third-order valence-electron chi connectivity index (χ3n) is 5.27. The minimum absolute atomic E-state index is 0.601. The van der Waals surface area contributed by atoms with Crippen molar-refractivity contribution in [3.63, 3.8) is 0 Å². The molecule has 0 amide bonds. The van der Waals surface area contributed by atoms with Gasteiger partial charge in [0.2, 0.25) is 0 Å². The molecule has 0 saturated carbocycles. The molecule has 0 spiro atoms. The van der Waals surface area contributed by atoms with Crippen molar-refractivity contribution in [2.75, 3.05) is 4.90 Å². The Bertz CT molecular complexity index is 903. The van der Waals surface area contributed by atoms with Crippen LogP contribution in [0.5, 0.6) is 5.75 Å². The molecule has 3 aromatic rings. The van der Waals surface area contributed by atoms with Crippen LogP contribution in [0.1, 0.15) is 0 Å². The molecule has 30 heavy (non-hydrogen) atoms. The highest BCUT2D eigenvalue weighted by Crippen LogP contribution is 2.34. The molecule has 0 aliphatic carbocycles. The monoisotopic (exact) mass is 432 g/mol. The number of rotatable bonds is 7. The van der Waals surface area contributed by atoms with Gasteiger partial charge in [0.25, 0.3) is 0 Å². The Kier molecular flexibility index (Phi) is 6.60. The summed E-state index contributed by atoms with van der Waals surface area (Å²) in [6.07, 6.45) is 0. The molecular weight excluding hydrogens is 401 g/mol. The van der Waals surface area contributed by atoms with Gasteiger partial charge in [-0.1, -0.05) is 73.9 Å². The van der Waals surface area contributed by atoms with E-state index in [4.69, 9.17) is 9.68 Å². The SMILES string of the molecule is C[Si](C)(C)c1ccc(N(c2ccc(O[B]O)cc2)c2ccc([Si](C)(C)C)cc2)cc1. The van der Waals surface area contributed by atoms with Crippen LogP contribution in [0.2, 0.25) is 39.3 Å². The Labute approximate surface area is 183 Å². The molecule has 0 aromatic heterocycles. The molecule has 1 radical (unpaired) electrons. The second kappa shape index (κ2) is 8.84. The summed E-state index contributed by atoms with van der Waals surface area (Å²) in [4.78, 5) is 2.26. The van der Waals surface area contributed by atoms with Crippen molar-refractivity contribution >= 4 is 51.3 Å². The van der Waals surface area contributed by atoms with Crippen LogP contribution < -0.4 is 19.9 Å². The zero-order valence-electron chi connectivity index (χ0n) is 18.8. The van der Waals surface area contributed by atoms with Crippen molar-refractivity contribution < 1.29 is 9.68 Å². The molecular formula is C24H31BNO2Si2. The van der Waals surface area contributed by atoms with Crippen molar-refractivity contribution in [3.8, 4) is 5.75 Å². The van der Waals surface area contributed by atoms with E-state index in [1.165, 1.54) is 10.4 Å². The zero-order chi connectivity index (χ0) is 21.9. The lowest BCUT2D eigenvalue weighted by Crippen LogP contribution is -2.37. The number of hydrogen-bond donors (Lipinski definition) is 1. The summed E-state index contributed by atoms with van der Waals surface area (Å²) in [5.74, 6) is 0.601. The fraction of sp³-hybridized carbons (Fsp3) is 0.250. The van der Waals surface area contributed by atoms with Gasteiger partial charge in [-0.15, -0.1) is 0 Å². The zero-order valence-corrected chi connectivity index (χ0v) is 20.8. The molecule has 0 atom stereocenters. The Morgan fingerprint density at radius 3 is 1.23 bits per heavy atom. The quantitative estimate of drug-likeness (QED) is 0.524. The van der Waals surface area contributed by atoms with Gasteiger partial charge in [0.1, 0.15) is 5.75 Å². The molecule has 0 unspecified atom stereocenters. The van der Waals surface area contributed by atoms with Crippen LogP contribution >= 0.6 is 0 Å². The molecule has 0 bridgehead atoms. The molecule has 0 fully saturated rings. The van der Waals surface area contributed by atoms with Gasteiger partial charge in [0, 0.05) is 17.1 Å². The molecule has 1 N–H and O–H groups in total. The summed E-state index contributed by atoms with van der Waals surface area (Å²) in [6.45, 7) is 14.2. The number of benzene rings is 3. The van der Waals surface area contributed by atoms with Gasteiger partial charge in [-0.2, -0.15) is 0 Å². The third-order valence-corrected chi connectivity index (χ3v) is 9.40. The number of hydrogen-bond acceptors (Lipinski definition) is 3. The molecule has 3 nitrogen and oxygen atoms in total. The van der Waals surface area contributed by atoms with Crippen LogP contribution in [0.25, 0.3) is 0 Å². The van der Waals surface area contributed by atoms with E-state index in [0.717, 1.165) is 17.1 Å². The maximum absolute atomic E-state index is 8.89. The molecule has 3 rings (SSSR count). The van der Waals surface area contributed by atoms with E-state index in [2.05, 4.69) is 92.7 Å². The molecule has 0 aliphatic heterocycles. The normalized spacial score (nSPS) is 11.8. The predicted octanol–water partition coefficient (Wildman–Crippen LogP) is 5.15. The highest BCUT2D eigenvalue weighted by atomic mass is 28.3. The fourth-order valence-electron chi connectivity index (χ4n) is 3.40. The first-order valence-corrected chi connectivity index (χ1v) is 17.3. The number of anilines is 3. The van der Waals surface area contributed by atoms with Crippen LogP contribution in [0.4, 0.5) is 17.1 Å². The van der Waals surface area contributed by atoms with E-state index in [9.17, 15) is 0 Å². The molecule has 0 aliphatic rings. The van der Waals surface area contributed by atoms with E-state index >= 15 is 0 Å². The van der Waals surface area contributed by atoms with Crippen LogP contribution in [0.15, 0.2) is 72.8 Å². The smallest absolute Gasteiger partial charge is 0.537 e. The van der Waals surface area contributed by atoms with Crippen LogP contribution in [0.3, 0.4) is 0 Å². The van der Waals surface area contributed by atoms with E-state index in [1.54, 1.807) is 0 Å². The van der Waals surface area contributed by atoms with Crippen molar-refractivity contribution in [1.82, 2.24) is 0 Å². The van der Waals surface area contributed by atoms with Crippen molar-refractivity contribution in [3.05, 3.63) is 72.8 Å². The van der Waals surface area contributed by atoms with Gasteiger partial charge < -0.3 is 14.6 Å². The number of nitrogens with zero attached hydrogens (tertiary/aromatic N) is 1.